The zero-order valence-electron chi connectivity index (χ0n) is 49.9. The molecule has 2 rings (SSSR count). The highest BCUT2D eigenvalue weighted by Crippen LogP contribution is 2.34. The first-order chi connectivity index (χ1) is 39.7. The minimum atomic E-state index is -1.08. The molecule has 1 aromatic rings. The van der Waals surface area contributed by atoms with Crippen LogP contribution in [0.15, 0.2) is 12.5 Å². The highest BCUT2D eigenvalue weighted by Gasteiger charge is 2.30. The van der Waals surface area contributed by atoms with Crippen LogP contribution in [0.5, 0.6) is 0 Å². The summed E-state index contributed by atoms with van der Waals surface area (Å²) in [6.45, 7) is 3.24. The SMILES string of the molecule is CC(=O)[C@H](CCCCCC(=O)COCCOCCNC(=O)COCCOCCNC(=O)CC[C@H](CC(=O)C1CCC(CCC(=O)CCCCCCCCCCCCCCCCCCC(=O)O)CC1)C(=O)O)NCC(=O)CCc1cnc[nH]1. The lowest BCUT2D eigenvalue weighted by Crippen LogP contribution is -2.38. The van der Waals surface area contributed by atoms with Crippen LogP contribution < -0.4 is 16.0 Å². The molecule has 1 aromatic heterocycles. The first-order valence-corrected chi connectivity index (χ1v) is 31.3. The average Bonchev–Trinajstić information content (AvgIpc) is 4.00. The van der Waals surface area contributed by atoms with Crippen LogP contribution >= 0.6 is 0 Å². The predicted molar refractivity (Wildman–Crippen MR) is 312 cm³/mol. The van der Waals surface area contributed by atoms with Crippen molar-refractivity contribution in [3.8, 4) is 0 Å². The predicted octanol–water partition coefficient (Wildman–Crippen LogP) is 8.98. The van der Waals surface area contributed by atoms with Crippen LogP contribution in [0.25, 0.3) is 0 Å². The van der Waals surface area contributed by atoms with E-state index in [0.29, 0.717) is 75.9 Å². The fraction of sp³-hybridized carbons (Fsp3) is 0.806. The molecule has 82 heavy (non-hydrogen) atoms. The van der Waals surface area contributed by atoms with E-state index in [4.69, 9.17) is 24.1 Å². The van der Waals surface area contributed by atoms with Crippen LogP contribution in [0, 0.1) is 17.8 Å². The maximum Gasteiger partial charge on any atom is 0.306 e. The Hall–Kier alpha value is -4.76. The fourth-order valence-electron chi connectivity index (χ4n) is 10.2. The monoisotopic (exact) mass is 1160 g/mol. The molecule has 1 heterocycles. The van der Waals surface area contributed by atoms with E-state index in [1.807, 2.05) is 0 Å². The summed E-state index contributed by atoms with van der Waals surface area (Å²) in [4.78, 5) is 116. The first kappa shape index (κ1) is 73.3. The second-order valence-electron chi connectivity index (χ2n) is 22.4. The molecule has 2 amide bonds. The van der Waals surface area contributed by atoms with Crippen molar-refractivity contribution in [1.82, 2.24) is 25.9 Å². The third kappa shape index (κ3) is 42.1. The molecule has 1 fully saturated rings. The van der Waals surface area contributed by atoms with Gasteiger partial charge in [0.05, 0.1) is 64.5 Å². The van der Waals surface area contributed by atoms with Gasteiger partial charge in [0, 0.05) is 75.8 Å². The molecule has 20 heteroatoms. The highest BCUT2D eigenvalue weighted by atomic mass is 16.5. The maximum absolute atomic E-state index is 13.1. The molecule has 468 valence electrons. The minimum absolute atomic E-state index is 0.0163. The summed E-state index contributed by atoms with van der Waals surface area (Å²) in [5.74, 6) is -2.86. The molecule has 0 radical (unpaired) electrons. The van der Waals surface area contributed by atoms with Gasteiger partial charge in [-0.05, 0) is 83.5 Å². The molecule has 1 aliphatic rings. The van der Waals surface area contributed by atoms with Crippen LogP contribution in [0.3, 0.4) is 0 Å². The Labute approximate surface area is 489 Å². The van der Waals surface area contributed by atoms with Crippen LogP contribution in [0.2, 0.25) is 0 Å². The molecule has 1 saturated carbocycles. The summed E-state index contributed by atoms with van der Waals surface area (Å²) in [5.41, 5.74) is 0.892. The number of ketones is 5. The number of H-pyrrole nitrogens is 1. The molecule has 0 aromatic carbocycles. The van der Waals surface area contributed by atoms with Gasteiger partial charge in [0.2, 0.25) is 11.8 Å². The smallest absolute Gasteiger partial charge is 0.306 e. The van der Waals surface area contributed by atoms with Crippen molar-refractivity contribution in [1.29, 1.82) is 0 Å². The number of imidazole rings is 1. The first-order valence-electron chi connectivity index (χ1n) is 31.3. The number of amides is 2. The summed E-state index contributed by atoms with van der Waals surface area (Å²) >= 11 is 0. The Morgan fingerprint density at radius 3 is 1.63 bits per heavy atom. The second-order valence-corrected chi connectivity index (χ2v) is 22.4. The third-order valence-corrected chi connectivity index (χ3v) is 15.3. The van der Waals surface area contributed by atoms with Crippen molar-refractivity contribution in [3.05, 3.63) is 18.2 Å². The lowest BCUT2D eigenvalue weighted by molar-refractivity contribution is -0.145. The summed E-state index contributed by atoms with van der Waals surface area (Å²) in [5, 5.41) is 27.0. The van der Waals surface area contributed by atoms with E-state index >= 15 is 0 Å². The minimum Gasteiger partial charge on any atom is -0.481 e. The number of aryl methyl sites for hydroxylation is 1. The topological polar surface area (TPSA) is 296 Å². The summed E-state index contributed by atoms with van der Waals surface area (Å²) in [7, 11) is 0. The normalized spacial score (nSPS) is 14.9. The number of rotatable bonds is 58. The largest absolute Gasteiger partial charge is 0.481 e. The third-order valence-electron chi connectivity index (χ3n) is 15.3. The zero-order chi connectivity index (χ0) is 59.7. The van der Waals surface area contributed by atoms with Gasteiger partial charge in [-0.15, -0.1) is 0 Å². The fourth-order valence-corrected chi connectivity index (χ4v) is 10.2. The molecule has 20 nitrogen and oxygen atoms in total. The quantitative estimate of drug-likeness (QED) is 0.0332. The molecule has 2 atom stereocenters. The number of Topliss-reactive ketones (excluding diaryl/α,β-unsaturated/α-hetero) is 5. The number of carbonyl (C=O) groups is 9. The molecule has 0 bridgehead atoms. The number of aromatic amines is 1. The van der Waals surface area contributed by atoms with Gasteiger partial charge in [-0.1, -0.05) is 103 Å². The van der Waals surface area contributed by atoms with E-state index in [1.165, 1.54) is 77.6 Å². The molecular formula is C62H105N5O15. The highest BCUT2D eigenvalue weighted by molar-refractivity contribution is 5.86. The standard InChI is InChI=1S/C62H105N5O15/c1-49(68)57(66-45-55(70)33-31-53-44-63-48-67-53)23-19-16-18-22-56(71)46-81-41-39-80-38-36-65-60(74)47-82-42-40-79-37-35-64-59(73)34-30-52(62(77)78)43-58(72)51-28-25-50(26-29-51)27-32-54(69)21-17-14-12-10-8-6-4-2-3-5-7-9-11-13-15-20-24-61(75)76/h44,48,50-52,57,66H,2-43,45-47H2,1H3,(H,63,67)(H,64,73)(H,65,74)(H,75,76)(H,77,78)/t50?,51?,52-,57+/m1/s1. The number of ether oxygens (including phenoxy) is 4. The van der Waals surface area contributed by atoms with Crippen molar-refractivity contribution >= 4 is 52.7 Å². The number of carbonyl (C=O) groups excluding carboxylic acids is 7. The van der Waals surface area contributed by atoms with E-state index in [0.717, 1.165) is 69.9 Å². The number of aliphatic carboxylic acids is 2. The van der Waals surface area contributed by atoms with Gasteiger partial charge in [-0.3, -0.25) is 43.2 Å². The van der Waals surface area contributed by atoms with Gasteiger partial charge >= 0.3 is 11.9 Å². The Balaban J connectivity index is 1.35. The van der Waals surface area contributed by atoms with Gasteiger partial charge < -0.3 is 50.1 Å². The number of carboxylic acids is 2. The number of hydrogen-bond acceptors (Lipinski definition) is 15. The Morgan fingerprint density at radius 1 is 0.561 bits per heavy atom. The lowest BCUT2D eigenvalue weighted by Gasteiger charge is -2.28. The summed E-state index contributed by atoms with van der Waals surface area (Å²) in [6, 6.07) is -0.393. The van der Waals surface area contributed by atoms with Crippen LogP contribution in [0.1, 0.15) is 225 Å². The van der Waals surface area contributed by atoms with Crippen LogP contribution in [-0.4, -0.2) is 151 Å². The van der Waals surface area contributed by atoms with Crippen LogP contribution in [0.4, 0.5) is 0 Å². The number of unbranched alkanes of at least 4 members (excludes halogenated alkanes) is 17. The molecule has 0 unspecified atom stereocenters. The van der Waals surface area contributed by atoms with E-state index in [-0.39, 0.29) is 133 Å². The molecule has 6 N–H and O–H groups in total. The lowest BCUT2D eigenvalue weighted by atomic mass is 9.76. The van der Waals surface area contributed by atoms with Gasteiger partial charge in [-0.2, -0.15) is 0 Å². The number of nitrogens with zero attached hydrogens (tertiary/aromatic N) is 1. The second kappa shape index (κ2) is 49.6. The van der Waals surface area contributed by atoms with Crippen molar-refractivity contribution in [2.75, 3.05) is 72.5 Å². The zero-order valence-corrected chi connectivity index (χ0v) is 49.9. The van der Waals surface area contributed by atoms with E-state index in [1.54, 1.807) is 12.5 Å². The average molecular weight is 1160 g/mol. The number of hydrogen-bond donors (Lipinski definition) is 6. The molecular weight excluding hydrogens is 1050 g/mol. The summed E-state index contributed by atoms with van der Waals surface area (Å²) in [6.07, 6.45) is 31.8. The van der Waals surface area contributed by atoms with E-state index in [2.05, 4.69) is 25.9 Å². The van der Waals surface area contributed by atoms with Gasteiger partial charge in [0.25, 0.3) is 0 Å². The summed E-state index contributed by atoms with van der Waals surface area (Å²) < 4.78 is 21.7. The van der Waals surface area contributed by atoms with Crippen LogP contribution in [-0.2, 0) is 68.5 Å². The Bertz CT molecular complexity index is 1910. The van der Waals surface area contributed by atoms with Crippen molar-refractivity contribution in [2.45, 2.75) is 231 Å². The van der Waals surface area contributed by atoms with E-state index in [9.17, 15) is 48.3 Å². The van der Waals surface area contributed by atoms with Crippen molar-refractivity contribution in [3.63, 3.8) is 0 Å². The number of carboxylic acid groups (broad SMARTS) is 2. The number of nitrogens with one attached hydrogen (secondary N) is 4. The molecule has 0 saturated heterocycles. The van der Waals surface area contributed by atoms with Gasteiger partial charge in [0.15, 0.2) is 5.78 Å². The number of aromatic nitrogens is 2. The molecule has 0 spiro atoms. The molecule has 1 aliphatic carbocycles. The van der Waals surface area contributed by atoms with Crippen molar-refractivity contribution in [2.24, 2.45) is 17.8 Å². The van der Waals surface area contributed by atoms with Gasteiger partial charge in [0.1, 0.15) is 36.3 Å². The molecule has 0 aliphatic heterocycles. The Morgan fingerprint density at radius 2 is 1.09 bits per heavy atom. The Kier molecular flexibility index (Phi) is 44.4. The van der Waals surface area contributed by atoms with Crippen molar-refractivity contribution < 1.29 is 72.3 Å². The maximum atomic E-state index is 13.1. The van der Waals surface area contributed by atoms with Gasteiger partial charge in [-0.25, -0.2) is 4.98 Å². The van der Waals surface area contributed by atoms with E-state index < -0.39 is 23.9 Å².